The highest BCUT2D eigenvalue weighted by Gasteiger charge is 2.32. The molecule has 0 saturated carbocycles. The fourth-order valence-corrected chi connectivity index (χ4v) is 2.52. The molecule has 0 aliphatic rings. The largest absolute Gasteiger partial charge is 0.480 e. The van der Waals surface area contributed by atoms with Crippen LogP contribution < -0.4 is 27.4 Å². The topological polar surface area (TPSA) is 214 Å². The molecule has 0 radical (unpaired) electrons. The molecule has 0 aromatic carbocycles. The van der Waals surface area contributed by atoms with E-state index in [1.165, 1.54) is 0 Å². The SMILES string of the molecule is CC(C)CC(NC(=O)C(NC(=O)C(CC(N)=O)NC(=O)C(N)CO)C(C)C)C(=O)O. The number of primary amides is 1. The maximum absolute atomic E-state index is 12.6. The number of hydrogen-bond acceptors (Lipinski definition) is 7. The van der Waals surface area contributed by atoms with E-state index in [-0.39, 0.29) is 12.3 Å². The molecule has 30 heavy (non-hydrogen) atoms. The van der Waals surface area contributed by atoms with Gasteiger partial charge in [-0.1, -0.05) is 27.7 Å². The van der Waals surface area contributed by atoms with E-state index in [2.05, 4.69) is 16.0 Å². The number of aliphatic carboxylic acids is 1. The summed E-state index contributed by atoms with van der Waals surface area (Å²) in [4.78, 5) is 59.8. The van der Waals surface area contributed by atoms with E-state index in [0.717, 1.165) is 0 Å². The molecule has 0 aromatic rings. The van der Waals surface area contributed by atoms with E-state index in [4.69, 9.17) is 16.6 Å². The van der Waals surface area contributed by atoms with Crippen LogP contribution in [0.1, 0.15) is 40.5 Å². The number of hydrogen-bond donors (Lipinski definition) is 7. The third-order valence-electron chi connectivity index (χ3n) is 4.14. The quantitative estimate of drug-likeness (QED) is 0.164. The van der Waals surface area contributed by atoms with Crippen LogP contribution in [-0.4, -0.2) is 70.6 Å². The summed E-state index contributed by atoms with van der Waals surface area (Å²) >= 11 is 0. The Morgan fingerprint density at radius 2 is 1.40 bits per heavy atom. The van der Waals surface area contributed by atoms with E-state index in [0.29, 0.717) is 0 Å². The molecule has 0 fully saturated rings. The molecule has 0 aliphatic carbocycles. The molecule has 0 aromatic heterocycles. The highest BCUT2D eigenvalue weighted by molar-refractivity contribution is 5.96. The van der Waals surface area contributed by atoms with Gasteiger partial charge in [0.2, 0.25) is 23.6 Å². The van der Waals surface area contributed by atoms with Gasteiger partial charge in [0.25, 0.3) is 0 Å². The third kappa shape index (κ3) is 9.65. The van der Waals surface area contributed by atoms with Gasteiger partial charge in [0.1, 0.15) is 24.2 Å². The molecule has 9 N–H and O–H groups in total. The Morgan fingerprint density at radius 3 is 1.80 bits per heavy atom. The highest BCUT2D eigenvalue weighted by atomic mass is 16.4. The number of carbonyl (C=O) groups is 5. The molecule has 0 rings (SSSR count). The van der Waals surface area contributed by atoms with Gasteiger partial charge in [-0.25, -0.2) is 4.79 Å². The van der Waals surface area contributed by atoms with Crippen molar-refractivity contribution in [2.45, 2.75) is 64.7 Å². The molecule has 4 unspecified atom stereocenters. The van der Waals surface area contributed by atoms with Gasteiger partial charge in [0, 0.05) is 0 Å². The second kappa shape index (κ2) is 12.8. The summed E-state index contributed by atoms with van der Waals surface area (Å²) in [5, 5.41) is 25.3. The predicted octanol–water partition coefficient (Wildman–Crippen LogP) is -2.58. The van der Waals surface area contributed by atoms with E-state index < -0.39 is 72.7 Å². The Morgan fingerprint density at radius 1 is 0.867 bits per heavy atom. The lowest BCUT2D eigenvalue weighted by atomic mass is 10.00. The monoisotopic (exact) mass is 431 g/mol. The first-order valence-electron chi connectivity index (χ1n) is 9.58. The fourth-order valence-electron chi connectivity index (χ4n) is 2.52. The van der Waals surface area contributed by atoms with Crippen molar-refractivity contribution >= 4 is 29.6 Å². The number of aliphatic hydroxyl groups is 1. The molecule has 12 heteroatoms. The molecule has 172 valence electrons. The fraction of sp³-hybridized carbons (Fsp3) is 0.722. The number of amides is 4. The number of carboxylic acid groups (broad SMARTS) is 1. The minimum atomic E-state index is -1.42. The number of rotatable bonds is 13. The smallest absolute Gasteiger partial charge is 0.326 e. The van der Waals surface area contributed by atoms with Gasteiger partial charge >= 0.3 is 5.97 Å². The first kappa shape index (κ1) is 27.3. The molecule has 4 atom stereocenters. The zero-order valence-corrected chi connectivity index (χ0v) is 17.7. The third-order valence-corrected chi connectivity index (χ3v) is 4.14. The van der Waals surface area contributed by atoms with E-state index in [1.807, 2.05) is 0 Å². The Kier molecular flexibility index (Phi) is 11.6. The number of carboxylic acids is 1. The zero-order chi connectivity index (χ0) is 23.6. The minimum absolute atomic E-state index is 0.00406. The van der Waals surface area contributed by atoms with Crippen LogP contribution in [-0.2, 0) is 24.0 Å². The van der Waals surface area contributed by atoms with Gasteiger partial charge in [-0.2, -0.15) is 0 Å². The summed E-state index contributed by atoms with van der Waals surface area (Å²) in [5.41, 5.74) is 10.5. The van der Waals surface area contributed by atoms with Crippen molar-refractivity contribution in [3.63, 3.8) is 0 Å². The van der Waals surface area contributed by atoms with Crippen LogP contribution in [0, 0.1) is 11.8 Å². The van der Waals surface area contributed by atoms with Gasteiger partial charge < -0.3 is 37.6 Å². The van der Waals surface area contributed by atoms with Gasteiger partial charge in [0.15, 0.2) is 0 Å². The lowest BCUT2D eigenvalue weighted by Crippen LogP contribution is -2.59. The predicted molar refractivity (Wildman–Crippen MR) is 107 cm³/mol. The summed E-state index contributed by atoms with van der Waals surface area (Å²) in [6.45, 7) is 6.19. The maximum atomic E-state index is 12.6. The highest BCUT2D eigenvalue weighted by Crippen LogP contribution is 2.08. The molecule has 4 amide bonds. The average molecular weight is 431 g/mol. The molecule has 0 bridgehead atoms. The Labute approximate surface area is 175 Å². The van der Waals surface area contributed by atoms with Crippen molar-refractivity contribution in [1.82, 2.24) is 16.0 Å². The number of nitrogens with two attached hydrogens (primary N) is 2. The Balaban J connectivity index is 5.40. The number of nitrogens with one attached hydrogen (secondary N) is 3. The lowest BCUT2D eigenvalue weighted by molar-refractivity contribution is -0.143. The lowest BCUT2D eigenvalue weighted by Gasteiger charge is -2.27. The van der Waals surface area contributed by atoms with Crippen molar-refractivity contribution in [3.05, 3.63) is 0 Å². The first-order valence-corrected chi connectivity index (χ1v) is 9.58. The second-order valence-electron chi connectivity index (χ2n) is 7.78. The average Bonchev–Trinajstić information content (AvgIpc) is 2.62. The minimum Gasteiger partial charge on any atom is -0.480 e. The molecule has 0 spiro atoms. The zero-order valence-electron chi connectivity index (χ0n) is 17.7. The van der Waals surface area contributed by atoms with Crippen LogP contribution in [0.25, 0.3) is 0 Å². The van der Waals surface area contributed by atoms with Gasteiger partial charge in [-0.05, 0) is 18.3 Å². The van der Waals surface area contributed by atoms with Crippen LogP contribution in [0.15, 0.2) is 0 Å². The summed E-state index contributed by atoms with van der Waals surface area (Å²) in [7, 11) is 0. The van der Waals surface area contributed by atoms with Gasteiger partial charge in [0.05, 0.1) is 13.0 Å². The normalized spacial score (nSPS) is 15.1. The first-order chi connectivity index (χ1) is 13.8. The number of aliphatic hydroxyl groups excluding tert-OH is 1. The molecular formula is C18H33N5O7. The van der Waals surface area contributed by atoms with Gasteiger partial charge in [-0.15, -0.1) is 0 Å². The van der Waals surface area contributed by atoms with E-state index >= 15 is 0 Å². The van der Waals surface area contributed by atoms with Crippen LogP contribution in [0.5, 0.6) is 0 Å². The standard InChI is InChI=1S/C18H33N5O7/c1-8(2)5-12(18(29)30)22-17(28)14(9(3)4)23-16(27)11(6-13(20)25)21-15(26)10(19)7-24/h8-12,14,24H,5-7,19H2,1-4H3,(H2,20,25)(H,21,26)(H,22,28)(H,23,27)(H,29,30). The molecule has 0 heterocycles. The molecule has 12 nitrogen and oxygen atoms in total. The van der Waals surface area contributed by atoms with Crippen LogP contribution in [0.4, 0.5) is 0 Å². The summed E-state index contributed by atoms with van der Waals surface area (Å²) in [6, 6.07) is -5.01. The maximum Gasteiger partial charge on any atom is 0.326 e. The Bertz CT molecular complexity index is 638. The van der Waals surface area contributed by atoms with Crippen molar-refractivity contribution in [1.29, 1.82) is 0 Å². The Hall–Kier alpha value is -2.73. The molecule has 0 aliphatic heterocycles. The molecule has 0 saturated heterocycles. The van der Waals surface area contributed by atoms with E-state index in [9.17, 15) is 29.1 Å². The van der Waals surface area contributed by atoms with Crippen molar-refractivity contribution in [2.24, 2.45) is 23.3 Å². The summed E-state index contributed by atoms with van der Waals surface area (Å²) in [6.07, 6.45) is -0.369. The molecular weight excluding hydrogens is 398 g/mol. The van der Waals surface area contributed by atoms with Crippen molar-refractivity contribution in [2.75, 3.05) is 6.61 Å². The van der Waals surface area contributed by atoms with Crippen LogP contribution >= 0.6 is 0 Å². The van der Waals surface area contributed by atoms with Crippen LogP contribution in [0.3, 0.4) is 0 Å². The summed E-state index contributed by atoms with van der Waals surface area (Å²) < 4.78 is 0. The number of carbonyl (C=O) groups excluding carboxylic acids is 4. The van der Waals surface area contributed by atoms with Gasteiger partial charge in [-0.3, -0.25) is 19.2 Å². The van der Waals surface area contributed by atoms with Crippen molar-refractivity contribution < 1.29 is 34.2 Å². The van der Waals surface area contributed by atoms with Crippen molar-refractivity contribution in [3.8, 4) is 0 Å². The summed E-state index contributed by atoms with van der Waals surface area (Å²) in [5.74, 6) is -5.01. The van der Waals surface area contributed by atoms with E-state index in [1.54, 1.807) is 27.7 Å². The van der Waals surface area contributed by atoms with Crippen LogP contribution in [0.2, 0.25) is 0 Å². The second-order valence-corrected chi connectivity index (χ2v) is 7.78.